The van der Waals surface area contributed by atoms with Crippen molar-refractivity contribution in [3.8, 4) is 0 Å². The fraction of sp³-hybridized carbons (Fsp3) is 1.00. The van der Waals surface area contributed by atoms with Gasteiger partial charge in [-0.2, -0.15) is 0 Å². The highest BCUT2D eigenvalue weighted by Crippen LogP contribution is 2.20. The quantitative estimate of drug-likeness (QED) is 0.306. The Balaban J connectivity index is 0.000000631. The molecule has 0 aromatic carbocycles. The summed E-state index contributed by atoms with van der Waals surface area (Å²) in [5, 5.41) is 14.8. The Kier molecular flexibility index (Phi) is 9.59. The lowest BCUT2D eigenvalue weighted by Crippen LogP contribution is -2.47. The Labute approximate surface area is 109 Å². The van der Waals surface area contributed by atoms with Crippen molar-refractivity contribution in [1.82, 2.24) is 0 Å². The molecule has 0 saturated carbocycles. The molecule has 0 aliphatic carbocycles. The van der Waals surface area contributed by atoms with Gasteiger partial charge in [0.05, 0.1) is 31.3 Å². The van der Waals surface area contributed by atoms with Crippen LogP contribution in [0.1, 0.15) is 46.0 Å². The third-order valence-corrected chi connectivity index (χ3v) is 3.21. The summed E-state index contributed by atoms with van der Waals surface area (Å²) in [7, 11) is 0. The molecule has 0 unspecified atom stereocenters. The first-order valence-corrected chi connectivity index (χ1v) is 6.80. The van der Waals surface area contributed by atoms with Gasteiger partial charge in [-0.15, -0.1) is 0 Å². The molecule has 1 aliphatic heterocycles. The highest BCUT2D eigenvalue weighted by Gasteiger charge is 2.31. The maximum absolute atomic E-state index is 8.25. The van der Waals surface area contributed by atoms with Gasteiger partial charge in [-0.05, 0) is 12.8 Å². The highest BCUT2D eigenvalue weighted by molar-refractivity contribution is 4.53. The van der Waals surface area contributed by atoms with Gasteiger partial charge in [-0.3, -0.25) is 0 Å². The van der Waals surface area contributed by atoms with Gasteiger partial charge >= 0.3 is 0 Å². The minimum Gasteiger partial charge on any atom is -0.356 e. The van der Waals surface area contributed by atoms with Gasteiger partial charge in [-0.25, -0.2) is 0 Å². The van der Waals surface area contributed by atoms with Crippen LogP contribution in [-0.4, -0.2) is 42.5 Å². The second kappa shape index (κ2) is 10.1. The molecule has 0 aromatic heterocycles. The monoisotopic (exact) mass is 262 g/mol. The van der Waals surface area contributed by atoms with Crippen LogP contribution in [-0.2, 0) is 4.74 Å². The number of rotatable bonds is 7. The number of hydrogen-bond acceptors (Lipinski definition) is 4. The standard InChI is InChI=1S/C12H26NO.NO3/c1-3-5-8-13(9-6-7-10-13)12-14-11-4-2;2-1(3)4/h3-12H2,1-2H3;/q+1;-1. The van der Waals surface area contributed by atoms with Crippen molar-refractivity contribution in [2.75, 3.05) is 33.0 Å². The maximum Gasteiger partial charge on any atom is 0.183 e. The van der Waals surface area contributed by atoms with Gasteiger partial charge in [0, 0.05) is 12.8 Å². The molecule has 0 spiro atoms. The Morgan fingerprint density at radius 1 is 1.17 bits per heavy atom. The van der Waals surface area contributed by atoms with E-state index >= 15 is 0 Å². The molecular weight excluding hydrogens is 236 g/mol. The van der Waals surface area contributed by atoms with Crippen LogP contribution >= 0.6 is 0 Å². The molecule has 108 valence electrons. The van der Waals surface area contributed by atoms with Crippen LogP contribution in [0.25, 0.3) is 0 Å². The Morgan fingerprint density at radius 3 is 2.17 bits per heavy atom. The summed E-state index contributed by atoms with van der Waals surface area (Å²) in [5.41, 5.74) is 0. The third kappa shape index (κ3) is 8.25. The zero-order valence-electron chi connectivity index (χ0n) is 11.6. The van der Waals surface area contributed by atoms with E-state index in [1.807, 2.05) is 0 Å². The molecule has 0 bridgehead atoms. The van der Waals surface area contributed by atoms with Gasteiger partial charge in [0.1, 0.15) is 0 Å². The Morgan fingerprint density at radius 2 is 1.72 bits per heavy atom. The molecule has 1 fully saturated rings. The number of unbranched alkanes of at least 4 members (excludes halogenated alkanes) is 1. The zero-order valence-corrected chi connectivity index (χ0v) is 11.6. The van der Waals surface area contributed by atoms with Gasteiger partial charge in [0.2, 0.25) is 0 Å². The van der Waals surface area contributed by atoms with E-state index in [0.717, 1.165) is 19.8 Å². The summed E-state index contributed by atoms with van der Waals surface area (Å²) in [4.78, 5) is 8.25. The number of quaternary nitrogens is 1. The minimum absolute atomic E-state index is 0.937. The molecule has 0 amide bonds. The predicted octanol–water partition coefficient (Wildman–Crippen LogP) is 2.54. The van der Waals surface area contributed by atoms with Crippen molar-refractivity contribution in [2.24, 2.45) is 0 Å². The Hall–Kier alpha value is -0.880. The summed E-state index contributed by atoms with van der Waals surface area (Å²) >= 11 is 0. The molecule has 1 rings (SSSR count). The van der Waals surface area contributed by atoms with E-state index in [-0.39, 0.29) is 0 Å². The summed E-state index contributed by atoms with van der Waals surface area (Å²) in [5.74, 6) is 0. The van der Waals surface area contributed by atoms with Gasteiger partial charge < -0.3 is 24.5 Å². The van der Waals surface area contributed by atoms with E-state index in [1.54, 1.807) is 0 Å². The van der Waals surface area contributed by atoms with Gasteiger partial charge in [0.25, 0.3) is 0 Å². The maximum atomic E-state index is 8.25. The minimum atomic E-state index is -1.75. The molecule has 1 saturated heterocycles. The molecule has 6 heteroatoms. The fourth-order valence-corrected chi connectivity index (χ4v) is 2.32. The van der Waals surface area contributed by atoms with E-state index in [1.165, 1.54) is 49.8 Å². The van der Waals surface area contributed by atoms with E-state index < -0.39 is 5.09 Å². The summed E-state index contributed by atoms with van der Waals surface area (Å²) < 4.78 is 6.98. The number of hydrogen-bond donors (Lipinski definition) is 0. The van der Waals surface area contributed by atoms with E-state index in [4.69, 9.17) is 20.1 Å². The van der Waals surface area contributed by atoms with E-state index in [0.29, 0.717) is 0 Å². The second-order valence-electron chi connectivity index (χ2n) is 4.83. The van der Waals surface area contributed by atoms with Crippen LogP contribution < -0.4 is 0 Å². The topological polar surface area (TPSA) is 75.4 Å². The molecule has 0 radical (unpaired) electrons. The lowest BCUT2D eigenvalue weighted by Gasteiger charge is -2.33. The van der Waals surface area contributed by atoms with Crippen molar-refractivity contribution in [2.45, 2.75) is 46.0 Å². The smallest absolute Gasteiger partial charge is 0.183 e. The van der Waals surface area contributed by atoms with Crippen molar-refractivity contribution >= 4 is 0 Å². The molecule has 6 nitrogen and oxygen atoms in total. The normalized spacial score (nSPS) is 17.0. The highest BCUT2D eigenvalue weighted by atomic mass is 16.9. The molecule has 1 aliphatic rings. The molecule has 0 atom stereocenters. The largest absolute Gasteiger partial charge is 0.356 e. The van der Waals surface area contributed by atoms with Crippen LogP contribution in [0.3, 0.4) is 0 Å². The van der Waals surface area contributed by atoms with Crippen molar-refractivity contribution in [3.63, 3.8) is 0 Å². The van der Waals surface area contributed by atoms with Crippen molar-refractivity contribution in [3.05, 3.63) is 15.3 Å². The SMILES string of the molecule is CCCC[N+]1(COCCC)CCCC1.O=[N+]([O-])[O-]. The number of ether oxygens (including phenoxy) is 1. The molecule has 0 N–H and O–H groups in total. The molecule has 1 heterocycles. The van der Waals surface area contributed by atoms with Crippen LogP contribution in [0.15, 0.2) is 0 Å². The summed E-state index contributed by atoms with van der Waals surface area (Å²) in [6.45, 7) is 10.4. The van der Waals surface area contributed by atoms with Crippen LogP contribution in [0, 0.1) is 15.3 Å². The summed E-state index contributed by atoms with van der Waals surface area (Å²) in [6, 6.07) is 0. The summed E-state index contributed by atoms with van der Waals surface area (Å²) in [6.07, 6.45) is 6.62. The van der Waals surface area contributed by atoms with Crippen molar-refractivity contribution < 1.29 is 14.3 Å². The lowest BCUT2D eigenvalue weighted by molar-refractivity contribution is -0.935. The van der Waals surface area contributed by atoms with E-state index in [2.05, 4.69) is 13.8 Å². The first-order valence-electron chi connectivity index (χ1n) is 6.80. The first kappa shape index (κ1) is 17.1. The van der Waals surface area contributed by atoms with E-state index in [9.17, 15) is 0 Å². The average Bonchev–Trinajstić information content (AvgIpc) is 2.75. The average molecular weight is 262 g/mol. The van der Waals surface area contributed by atoms with Crippen molar-refractivity contribution in [1.29, 1.82) is 0 Å². The van der Waals surface area contributed by atoms with Crippen LogP contribution in [0.2, 0.25) is 0 Å². The van der Waals surface area contributed by atoms with Crippen LogP contribution in [0.4, 0.5) is 0 Å². The lowest BCUT2D eigenvalue weighted by atomic mass is 10.3. The molecular formula is C12H26N2O4. The number of likely N-dealkylation sites (tertiary alicyclic amines) is 1. The molecule has 18 heavy (non-hydrogen) atoms. The number of nitrogens with zero attached hydrogens (tertiary/aromatic N) is 2. The zero-order chi connectivity index (χ0) is 13.9. The third-order valence-electron chi connectivity index (χ3n) is 3.21. The van der Waals surface area contributed by atoms with Gasteiger partial charge in [0.15, 0.2) is 6.73 Å². The van der Waals surface area contributed by atoms with Gasteiger partial charge in [-0.1, -0.05) is 20.3 Å². The molecule has 0 aromatic rings. The fourth-order valence-electron chi connectivity index (χ4n) is 2.32. The predicted molar refractivity (Wildman–Crippen MR) is 70.5 cm³/mol. The first-order chi connectivity index (χ1) is 8.56. The van der Waals surface area contributed by atoms with Crippen LogP contribution in [0.5, 0.6) is 0 Å². The Bertz CT molecular complexity index is 214. The second-order valence-corrected chi connectivity index (χ2v) is 4.83.